The third kappa shape index (κ3) is 5.48. The standard InChI is InChI=1S/C16H13ClF3NOS/c17-14-4-2-1-3-11(14)9-23-10-15(22)21-13-7-5-12(6-8-13)16(18,19)20/h1-8H,9-10H2,(H,21,22). The fourth-order valence-electron chi connectivity index (χ4n) is 1.81. The van der Waals surface area contributed by atoms with E-state index in [0.29, 0.717) is 16.5 Å². The zero-order valence-corrected chi connectivity index (χ0v) is 13.4. The molecule has 0 bridgehead atoms. The van der Waals surface area contributed by atoms with Crippen LogP contribution < -0.4 is 5.32 Å². The highest BCUT2D eigenvalue weighted by atomic mass is 35.5. The van der Waals surface area contributed by atoms with E-state index in [4.69, 9.17) is 11.6 Å². The van der Waals surface area contributed by atoms with Crippen LogP contribution in [0.2, 0.25) is 5.02 Å². The van der Waals surface area contributed by atoms with Gasteiger partial charge in [0.2, 0.25) is 5.91 Å². The lowest BCUT2D eigenvalue weighted by Crippen LogP contribution is -2.14. The molecule has 0 radical (unpaired) electrons. The predicted octanol–water partition coefficient (Wildman–Crippen LogP) is 5.23. The van der Waals surface area contributed by atoms with Crippen LogP contribution in [0.5, 0.6) is 0 Å². The summed E-state index contributed by atoms with van der Waals surface area (Å²) in [4.78, 5) is 11.8. The normalized spacial score (nSPS) is 11.3. The first kappa shape index (κ1) is 17.7. The Bertz CT molecular complexity index is 674. The van der Waals surface area contributed by atoms with E-state index in [1.165, 1.54) is 23.9 Å². The molecule has 23 heavy (non-hydrogen) atoms. The van der Waals surface area contributed by atoms with Crippen molar-refractivity contribution in [3.05, 3.63) is 64.7 Å². The molecular formula is C16H13ClF3NOS. The number of nitrogens with one attached hydrogen (secondary N) is 1. The first-order valence-electron chi connectivity index (χ1n) is 6.64. The molecule has 0 unspecified atom stereocenters. The fourth-order valence-corrected chi connectivity index (χ4v) is 2.92. The van der Waals surface area contributed by atoms with Gasteiger partial charge in [0.05, 0.1) is 11.3 Å². The molecule has 0 atom stereocenters. The van der Waals surface area contributed by atoms with Gasteiger partial charge in [-0.2, -0.15) is 13.2 Å². The van der Waals surface area contributed by atoms with Gasteiger partial charge in [0, 0.05) is 16.5 Å². The summed E-state index contributed by atoms with van der Waals surface area (Å²) in [5.41, 5.74) is 0.520. The summed E-state index contributed by atoms with van der Waals surface area (Å²) in [5.74, 6) is 0.494. The SMILES string of the molecule is O=C(CSCc1ccccc1Cl)Nc1ccc(C(F)(F)F)cc1. The molecule has 0 aromatic heterocycles. The van der Waals surface area contributed by atoms with Crippen LogP contribution in [0.4, 0.5) is 18.9 Å². The number of hydrogen-bond donors (Lipinski definition) is 1. The molecule has 2 nitrogen and oxygen atoms in total. The number of anilines is 1. The maximum atomic E-state index is 12.4. The van der Waals surface area contributed by atoms with E-state index in [1.807, 2.05) is 18.2 Å². The Kier molecular flexibility index (Phi) is 5.96. The molecule has 2 aromatic carbocycles. The predicted molar refractivity (Wildman–Crippen MR) is 87.7 cm³/mol. The van der Waals surface area contributed by atoms with Crippen LogP contribution in [0.15, 0.2) is 48.5 Å². The quantitative estimate of drug-likeness (QED) is 0.791. The Morgan fingerprint density at radius 3 is 2.35 bits per heavy atom. The van der Waals surface area contributed by atoms with Gasteiger partial charge in [0.25, 0.3) is 0 Å². The van der Waals surface area contributed by atoms with E-state index in [9.17, 15) is 18.0 Å². The van der Waals surface area contributed by atoms with Gasteiger partial charge in [0.15, 0.2) is 0 Å². The lowest BCUT2D eigenvalue weighted by atomic mass is 10.2. The van der Waals surface area contributed by atoms with Crippen LogP contribution >= 0.6 is 23.4 Å². The molecule has 0 saturated heterocycles. The summed E-state index contributed by atoms with van der Waals surface area (Å²) in [6.07, 6.45) is -4.38. The summed E-state index contributed by atoms with van der Waals surface area (Å²) in [7, 11) is 0. The van der Waals surface area contributed by atoms with Crippen molar-refractivity contribution in [2.75, 3.05) is 11.1 Å². The summed E-state index contributed by atoms with van der Waals surface area (Å²) in [6, 6.07) is 11.7. The number of amides is 1. The number of alkyl halides is 3. The van der Waals surface area contributed by atoms with Gasteiger partial charge in [-0.1, -0.05) is 29.8 Å². The van der Waals surface area contributed by atoms with Gasteiger partial charge < -0.3 is 5.32 Å². The second kappa shape index (κ2) is 7.75. The zero-order chi connectivity index (χ0) is 16.9. The molecule has 7 heteroatoms. The van der Waals surface area contributed by atoms with Crippen LogP contribution in [0.1, 0.15) is 11.1 Å². The molecule has 0 aliphatic heterocycles. The Hall–Kier alpha value is -1.66. The molecular weight excluding hydrogens is 347 g/mol. The Labute approximate surface area is 141 Å². The lowest BCUT2D eigenvalue weighted by Gasteiger charge is -2.09. The van der Waals surface area contributed by atoms with Crippen molar-refractivity contribution in [3.63, 3.8) is 0 Å². The molecule has 1 amide bonds. The first-order chi connectivity index (χ1) is 10.9. The van der Waals surface area contributed by atoms with Crippen molar-refractivity contribution < 1.29 is 18.0 Å². The van der Waals surface area contributed by atoms with Crippen molar-refractivity contribution in [1.82, 2.24) is 0 Å². The van der Waals surface area contributed by atoms with E-state index in [-0.39, 0.29) is 11.7 Å². The van der Waals surface area contributed by atoms with E-state index in [1.54, 1.807) is 6.07 Å². The van der Waals surface area contributed by atoms with E-state index < -0.39 is 11.7 Å². The molecule has 0 fully saturated rings. The molecule has 0 aliphatic carbocycles. The van der Waals surface area contributed by atoms with Crippen molar-refractivity contribution in [1.29, 1.82) is 0 Å². The maximum Gasteiger partial charge on any atom is 0.416 e. The number of carbonyl (C=O) groups is 1. The second-order valence-electron chi connectivity index (χ2n) is 4.71. The van der Waals surface area contributed by atoms with Gasteiger partial charge in [-0.3, -0.25) is 4.79 Å². The number of thioether (sulfide) groups is 1. The highest BCUT2D eigenvalue weighted by molar-refractivity contribution is 7.99. The number of rotatable bonds is 5. The third-order valence-electron chi connectivity index (χ3n) is 2.94. The molecule has 2 aromatic rings. The van der Waals surface area contributed by atoms with Crippen molar-refractivity contribution >= 4 is 35.0 Å². The summed E-state index contributed by atoms with van der Waals surface area (Å²) in [5, 5.41) is 3.20. The molecule has 0 saturated carbocycles. The van der Waals surface area contributed by atoms with Crippen molar-refractivity contribution in [3.8, 4) is 0 Å². The number of halogens is 4. The number of benzene rings is 2. The Morgan fingerprint density at radius 1 is 1.09 bits per heavy atom. The van der Waals surface area contributed by atoms with Crippen LogP contribution in [-0.2, 0) is 16.7 Å². The summed E-state index contributed by atoms with van der Waals surface area (Å²) in [6.45, 7) is 0. The van der Waals surface area contributed by atoms with Crippen molar-refractivity contribution in [2.24, 2.45) is 0 Å². The van der Waals surface area contributed by atoms with Gasteiger partial charge in [-0.15, -0.1) is 11.8 Å². The lowest BCUT2D eigenvalue weighted by molar-refractivity contribution is -0.137. The van der Waals surface area contributed by atoms with Crippen LogP contribution in [0.25, 0.3) is 0 Å². The highest BCUT2D eigenvalue weighted by Crippen LogP contribution is 2.29. The molecule has 122 valence electrons. The fraction of sp³-hybridized carbons (Fsp3) is 0.188. The minimum absolute atomic E-state index is 0.187. The summed E-state index contributed by atoms with van der Waals surface area (Å²) >= 11 is 7.39. The molecule has 0 heterocycles. The van der Waals surface area contributed by atoms with Crippen molar-refractivity contribution in [2.45, 2.75) is 11.9 Å². The average Bonchev–Trinajstić information content (AvgIpc) is 2.49. The topological polar surface area (TPSA) is 29.1 Å². The molecule has 1 N–H and O–H groups in total. The van der Waals surface area contributed by atoms with E-state index in [0.717, 1.165) is 17.7 Å². The molecule has 0 spiro atoms. The number of hydrogen-bond acceptors (Lipinski definition) is 2. The first-order valence-corrected chi connectivity index (χ1v) is 8.18. The van der Waals surface area contributed by atoms with Gasteiger partial charge in [-0.05, 0) is 35.9 Å². The third-order valence-corrected chi connectivity index (χ3v) is 4.29. The minimum atomic E-state index is -4.38. The van der Waals surface area contributed by atoms with E-state index in [2.05, 4.69) is 5.32 Å². The summed E-state index contributed by atoms with van der Waals surface area (Å²) < 4.78 is 37.3. The van der Waals surface area contributed by atoms with Crippen LogP contribution in [0.3, 0.4) is 0 Å². The Balaban J connectivity index is 1.82. The number of carbonyl (C=O) groups excluding carboxylic acids is 1. The van der Waals surface area contributed by atoms with E-state index >= 15 is 0 Å². The average molecular weight is 360 g/mol. The van der Waals surface area contributed by atoms with Gasteiger partial charge in [0.1, 0.15) is 0 Å². The highest BCUT2D eigenvalue weighted by Gasteiger charge is 2.29. The molecule has 2 rings (SSSR count). The smallest absolute Gasteiger partial charge is 0.325 e. The zero-order valence-electron chi connectivity index (χ0n) is 11.9. The molecule has 0 aliphatic rings. The van der Waals surface area contributed by atoms with Gasteiger partial charge >= 0.3 is 6.18 Å². The van der Waals surface area contributed by atoms with Crippen LogP contribution in [0, 0.1) is 0 Å². The largest absolute Gasteiger partial charge is 0.416 e. The van der Waals surface area contributed by atoms with Crippen LogP contribution in [-0.4, -0.2) is 11.7 Å². The second-order valence-corrected chi connectivity index (χ2v) is 6.10. The maximum absolute atomic E-state index is 12.4. The monoisotopic (exact) mass is 359 g/mol. The Morgan fingerprint density at radius 2 is 1.74 bits per heavy atom. The minimum Gasteiger partial charge on any atom is -0.325 e. The van der Waals surface area contributed by atoms with Gasteiger partial charge in [-0.25, -0.2) is 0 Å².